The molecule has 7 heteroatoms. The maximum absolute atomic E-state index is 13.1. The molecular formula is C11H12FNO4S. The number of nitrogens with two attached hydrogens (primary N) is 1. The highest BCUT2D eigenvalue weighted by molar-refractivity contribution is 7.91. The molecule has 1 aliphatic rings. The lowest BCUT2D eigenvalue weighted by Crippen LogP contribution is -2.39. The molecule has 98 valence electrons. The molecule has 18 heavy (non-hydrogen) atoms. The second-order valence-corrected chi connectivity index (χ2v) is 6.69. The Morgan fingerprint density at radius 1 is 1.50 bits per heavy atom. The Morgan fingerprint density at radius 3 is 2.50 bits per heavy atom. The molecule has 0 unspecified atom stereocenters. The minimum atomic E-state index is -3.62. The molecule has 0 radical (unpaired) electrons. The molecule has 2 rings (SSSR count). The molecule has 0 saturated heterocycles. The van der Waals surface area contributed by atoms with Crippen LogP contribution in [0.15, 0.2) is 24.3 Å². The van der Waals surface area contributed by atoms with Crippen LogP contribution < -0.4 is 5.73 Å². The van der Waals surface area contributed by atoms with Gasteiger partial charge in [-0.3, -0.25) is 4.79 Å². The Labute approximate surface area is 103 Å². The van der Waals surface area contributed by atoms with E-state index in [4.69, 9.17) is 10.8 Å². The number of hydrogen-bond acceptors (Lipinski definition) is 4. The van der Waals surface area contributed by atoms with Crippen molar-refractivity contribution in [3.8, 4) is 0 Å². The summed E-state index contributed by atoms with van der Waals surface area (Å²) < 4.78 is 36.2. The van der Waals surface area contributed by atoms with Crippen LogP contribution in [-0.4, -0.2) is 36.5 Å². The van der Waals surface area contributed by atoms with E-state index in [9.17, 15) is 17.6 Å². The molecule has 0 aliphatic heterocycles. The van der Waals surface area contributed by atoms with E-state index in [1.807, 2.05) is 0 Å². The van der Waals surface area contributed by atoms with Gasteiger partial charge in [0.05, 0.1) is 5.25 Å². The molecule has 5 nitrogen and oxygen atoms in total. The van der Waals surface area contributed by atoms with Gasteiger partial charge in [0.25, 0.3) is 0 Å². The Morgan fingerprint density at radius 2 is 2.11 bits per heavy atom. The topological polar surface area (TPSA) is 97.5 Å². The van der Waals surface area contributed by atoms with Crippen LogP contribution in [0.25, 0.3) is 0 Å². The first kappa shape index (κ1) is 13.0. The Kier molecular flexibility index (Phi) is 2.71. The van der Waals surface area contributed by atoms with Crippen molar-refractivity contribution in [1.82, 2.24) is 0 Å². The van der Waals surface area contributed by atoms with Crippen LogP contribution >= 0.6 is 0 Å². The molecule has 1 fully saturated rings. The molecule has 3 N–H and O–H groups in total. The predicted octanol–water partition coefficient (Wildman–Crippen LogP) is 0.118. The summed E-state index contributed by atoms with van der Waals surface area (Å²) >= 11 is 0. The normalized spacial score (nSPS) is 31.1. The van der Waals surface area contributed by atoms with Gasteiger partial charge in [0.1, 0.15) is 11.4 Å². The molecule has 0 bridgehead atoms. The number of carboxylic acids is 1. The molecular weight excluding hydrogens is 261 g/mol. The summed E-state index contributed by atoms with van der Waals surface area (Å²) in [5.74, 6) is -2.87. The van der Waals surface area contributed by atoms with E-state index in [2.05, 4.69) is 0 Å². The molecule has 1 aromatic rings. The first-order chi connectivity index (χ1) is 8.19. The van der Waals surface area contributed by atoms with Crippen LogP contribution in [0.4, 0.5) is 4.39 Å². The number of sulfone groups is 1. The molecule has 1 aliphatic carbocycles. The van der Waals surface area contributed by atoms with Crippen LogP contribution in [0.3, 0.4) is 0 Å². The van der Waals surface area contributed by atoms with Crippen molar-refractivity contribution in [1.29, 1.82) is 0 Å². The Bertz CT molecular complexity index is 615. The number of aliphatic carboxylic acids is 1. The van der Waals surface area contributed by atoms with Gasteiger partial charge in [0, 0.05) is 12.2 Å². The van der Waals surface area contributed by atoms with E-state index in [-0.39, 0.29) is 5.56 Å². The van der Waals surface area contributed by atoms with Gasteiger partial charge >= 0.3 is 5.97 Å². The zero-order valence-electron chi connectivity index (χ0n) is 9.50. The first-order valence-electron chi connectivity index (χ1n) is 5.15. The van der Waals surface area contributed by atoms with Crippen LogP contribution in [0, 0.1) is 5.82 Å². The van der Waals surface area contributed by atoms with E-state index >= 15 is 0 Å². The third kappa shape index (κ3) is 1.79. The molecule has 1 aromatic carbocycles. The van der Waals surface area contributed by atoms with Crippen molar-refractivity contribution < 1.29 is 22.7 Å². The number of carbonyl (C=O) groups is 1. The smallest absolute Gasteiger partial charge is 0.325 e. The maximum atomic E-state index is 13.1. The average molecular weight is 273 g/mol. The number of halogens is 1. The summed E-state index contributed by atoms with van der Waals surface area (Å²) in [4.78, 5) is 11.1. The summed E-state index contributed by atoms with van der Waals surface area (Å²) in [6.07, 6.45) is 0.932. The number of rotatable bonds is 3. The van der Waals surface area contributed by atoms with Crippen molar-refractivity contribution in [2.75, 3.05) is 6.26 Å². The predicted molar refractivity (Wildman–Crippen MR) is 62.3 cm³/mol. The number of carboxylic acid groups (broad SMARTS) is 1. The van der Waals surface area contributed by atoms with Crippen molar-refractivity contribution in [3.63, 3.8) is 0 Å². The average Bonchev–Trinajstić information content (AvgIpc) is 2.86. The molecule has 3 atom stereocenters. The molecule has 0 heterocycles. The maximum Gasteiger partial charge on any atom is 0.325 e. The second-order valence-electron chi connectivity index (χ2n) is 4.52. The summed E-state index contributed by atoms with van der Waals surface area (Å²) in [5.41, 5.74) is 4.06. The van der Waals surface area contributed by atoms with Gasteiger partial charge in [-0.1, -0.05) is 12.1 Å². The SMILES string of the molecule is CS(=O)(=O)[C@H]1[C@H](c2cccc(F)c2)[C@@]1(N)C(=O)O. The van der Waals surface area contributed by atoms with E-state index in [0.717, 1.165) is 12.3 Å². The second kappa shape index (κ2) is 3.76. The number of hydrogen-bond donors (Lipinski definition) is 2. The number of benzene rings is 1. The third-order valence-electron chi connectivity index (χ3n) is 3.22. The van der Waals surface area contributed by atoms with E-state index in [1.165, 1.54) is 18.2 Å². The van der Waals surface area contributed by atoms with Gasteiger partial charge in [-0.15, -0.1) is 0 Å². The fraction of sp³-hybridized carbons (Fsp3) is 0.364. The summed E-state index contributed by atoms with van der Waals surface area (Å²) in [7, 11) is -3.62. The standard InChI is InChI=1S/C11H12FNO4S/c1-18(16,17)9-8(11(9,13)10(14)15)6-3-2-4-7(12)5-6/h2-5,8-9H,13H2,1H3,(H,14,15)/t8-,9-,11-/m0/s1. The Hall–Kier alpha value is -1.47. The van der Waals surface area contributed by atoms with Gasteiger partial charge in [-0.05, 0) is 17.7 Å². The van der Waals surface area contributed by atoms with Crippen LogP contribution in [0.5, 0.6) is 0 Å². The van der Waals surface area contributed by atoms with Crippen molar-refractivity contribution in [3.05, 3.63) is 35.6 Å². The fourth-order valence-electron chi connectivity index (χ4n) is 2.38. The van der Waals surface area contributed by atoms with Crippen molar-refractivity contribution in [2.45, 2.75) is 16.7 Å². The summed E-state index contributed by atoms with van der Waals surface area (Å²) in [6.45, 7) is 0. The molecule has 0 amide bonds. The quantitative estimate of drug-likeness (QED) is 0.815. The van der Waals surface area contributed by atoms with Gasteiger partial charge in [-0.2, -0.15) is 0 Å². The highest BCUT2D eigenvalue weighted by Crippen LogP contribution is 2.54. The highest BCUT2D eigenvalue weighted by Gasteiger charge is 2.73. The van der Waals surface area contributed by atoms with Crippen LogP contribution in [0.2, 0.25) is 0 Å². The largest absolute Gasteiger partial charge is 0.480 e. The van der Waals surface area contributed by atoms with Crippen molar-refractivity contribution in [2.24, 2.45) is 5.73 Å². The molecule has 0 aromatic heterocycles. The third-order valence-corrected chi connectivity index (χ3v) is 4.80. The minimum absolute atomic E-state index is 0.287. The van der Waals surface area contributed by atoms with Crippen LogP contribution in [0.1, 0.15) is 11.5 Å². The molecule has 0 spiro atoms. The van der Waals surface area contributed by atoms with Crippen LogP contribution in [-0.2, 0) is 14.6 Å². The monoisotopic (exact) mass is 273 g/mol. The van der Waals surface area contributed by atoms with E-state index in [1.54, 1.807) is 0 Å². The zero-order valence-corrected chi connectivity index (χ0v) is 10.3. The highest BCUT2D eigenvalue weighted by atomic mass is 32.2. The van der Waals surface area contributed by atoms with E-state index in [0.29, 0.717) is 0 Å². The lowest BCUT2D eigenvalue weighted by atomic mass is 10.1. The zero-order chi connectivity index (χ0) is 13.7. The van der Waals surface area contributed by atoms with Crippen molar-refractivity contribution >= 4 is 15.8 Å². The van der Waals surface area contributed by atoms with E-state index < -0.39 is 38.3 Å². The Balaban J connectivity index is 2.49. The lowest BCUT2D eigenvalue weighted by molar-refractivity contribution is -0.139. The minimum Gasteiger partial charge on any atom is -0.480 e. The fourth-order valence-corrected chi connectivity index (χ4v) is 4.14. The van der Waals surface area contributed by atoms with Gasteiger partial charge < -0.3 is 10.8 Å². The van der Waals surface area contributed by atoms with Gasteiger partial charge in [0.15, 0.2) is 9.84 Å². The first-order valence-corrected chi connectivity index (χ1v) is 7.11. The summed E-state index contributed by atoms with van der Waals surface area (Å²) in [5, 5.41) is 7.85. The molecule has 1 saturated carbocycles. The lowest BCUT2D eigenvalue weighted by Gasteiger charge is -2.04. The summed E-state index contributed by atoms with van der Waals surface area (Å²) in [6, 6.07) is 5.18. The van der Waals surface area contributed by atoms with Gasteiger partial charge in [0.2, 0.25) is 0 Å². The van der Waals surface area contributed by atoms with Gasteiger partial charge in [-0.25, -0.2) is 12.8 Å².